The molecule has 1 aromatic heterocycles. The number of halogens is 2. The summed E-state index contributed by atoms with van der Waals surface area (Å²) in [5.41, 5.74) is 0.253. The van der Waals surface area contributed by atoms with Gasteiger partial charge in [0.2, 0.25) is 4.77 Å². The maximum Gasteiger partial charge on any atom is 0.216 e. The third-order valence-electron chi connectivity index (χ3n) is 2.54. The van der Waals surface area contributed by atoms with Crippen LogP contribution in [-0.4, -0.2) is 31.3 Å². The number of aromatic hydroxyl groups is 2. The van der Waals surface area contributed by atoms with Crippen LogP contribution in [0.2, 0.25) is 10.0 Å². The summed E-state index contributed by atoms with van der Waals surface area (Å²) in [6, 6.07) is 1.34. The van der Waals surface area contributed by atoms with Crippen molar-refractivity contribution in [2.45, 2.75) is 13.3 Å². The molecule has 0 fully saturated rings. The van der Waals surface area contributed by atoms with E-state index in [-0.39, 0.29) is 27.1 Å². The first-order valence-electron chi connectivity index (χ1n) is 5.56. The smallest absolute Gasteiger partial charge is 0.216 e. The molecular formula is C11H10Cl2N4O2S. The number of benzene rings is 1. The van der Waals surface area contributed by atoms with Gasteiger partial charge in [0.15, 0.2) is 11.6 Å². The Labute approximate surface area is 129 Å². The van der Waals surface area contributed by atoms with Crippen molar-refractivity contribution in [1.82, 2.24) is 14.9 Å². The number of H-pyrrole nitrogens is 1. The van der Waals surface area contributed by atoms with Gasteiger partial charge in [0, 0.05) is 12.0 Å². The largest absolute Gasteiger partial charge is 0.506 e. The molecule has 2 rings (SSSR count). The minimum atomic E-state index is -0.378. The van der Waals surface area contributed by atoms with E-state index in [4.69, 9.17) is 35.4 Å². The first-order chi connectivity index (χ1) is 9.45. The van der Waals surface area contributed by atoms with E-state index in [0.717, 1.165) is 0 Å². The fourth-order valence-corrected chi connectivity index (χ4v) is 2.18. The molecule has 20 heavy (non-hydrogen) atoms. The minimum absolute atomic E-state index is 0.0146. The molecule has 106 valence electrons. The number of rotatable bonds is 3. The summed E-state index contributed by atoms with van der Waals surface area (Å²) in [5.74, 6) is -0.0516. The molecule has 0 atom stereocenters. The van der Waals surface area contributed by atoms with Crippen molar-refractivity contribution in [3.05, 3.63) is 32.3 Å². The number of hydrogen-bond donors (Lipinski definition) is 3. The number of phenols is 2. The van der Waals surface area contributed by atoms with E-state index < -0.39 is 0 Å². The Morgan fingerprint density at radius 2 is 2.15 bits per heavy atom. The quantitative estimate of drug-likeness (QED) is 0.595. The average molecular weight is 333 g/mol. The van der Waals surface area contributed by atoms with Gasteiger partial charge in [-0.25, -0.2) is 0 Å². The van der Waals surface area contributed by atoms with Crippen LogP contribution in [0.4, 0.5) is 0 Å². The molecule has 3 N–H and O–H groups in total. The molecule has 0 radical (unpaired) electrons. The van der Waals surface area contributed by atoms with Crippen LogP contribution >= 0.6 is 35.4 Å². The second-order valence-corrected chi connectivity index (χ2v) is 4.99. The average Bonchev–Trinajstić information content (AvgIpc) is 2.79. The van der Waals surface area contributed by atoms with Crippen molar-refractivity contribution in [2.24, 2.45) is 5.10 Å². The van der Waals surface area contributed by atoms with Gasteiger partial charge in [-0.1, -0.05) is 30.1 Å². The zero-order chi connectivity index (χ0) is 14.9. The topological polar surface area (TPSA) is 86.4 Å². The number of nitrogens with one attached hydrogen (secondary N) is 1. The lowest BCUT2D eigenvalue weighted by molar-refractivity contribution is 0.450. The van der Waals surface area contributed by atoms with Crippen LogP contribution in [0.1, 0.15) is 18.3 Å². The number of phenolic OH excluding ortho intramolecular Hbond substituents is 2. The minimum Gasteiger partial charge on any atom is -0.506 e. The number of aromatic amines is 1. The molecule has 0 amide bonds. The van der Waals surface area contributed by atoms with Crippen molar-refractivity contribution in [3.63, 3.8) is 0 Å². The number of hydrogen-bond acceptors (Lipinski definition) is 5. The molecule has 6 nitrogen and oxygen atoms in total. The van der Waals surface area contributed by atoms with Crippen LogP contribution in [0.3, 0.4) is 0 Å². The summed E-state index contributed by atoms with van der Waals surface area (Å²) < 4.78 is 1.75. The molecule has 9 heteroatoms. The summed E-state index contributed by atoms with van der Waals surface area (Å²) in [4.78, 5) is 0. The molecule has 1 aromatic carbocycles. The molecule has 0 aliphatic carbocycles. The molecule has 0 aliphatic heterocycles. The highest BCUT2D eigenvalue weighted by molar-refractivity contribution is 7.71. The van der Waals surface area contributed by atoms with E-state index in [0.29, 0.717) is 17.0 Å². The Hall–Kier alpha value is -1.57. The van der Waals surface area contributed by atoms with Crippen molar-refractivity contribution < 1.29 is 10.2 Å². The van der Waals surface area contributed by atoms with Gasteiger partial charge in [-0.05, 0) is 18.3 Å². The second-order valence-electron chi connectivity index (χ2n) is 3.81. The standard InChI is InChI=1S/C11H10Cl2N4O2S/c1-2-7-15-16-11(20)17(7)14-4-5-3-6(12)10(19)8(13)9(5)18/h3-4,18-19H,2H2,1H3,(H,16,20)/b14-4-. The van der Waals surface area contributed by atoms with Gasteiger partial charge in [-0.2, -0.15) is 14.9 Å². The molecule has 0 unspecified atom stereocenters. The van der Waals surface area contributed by atoms with Gasteiger partial charge in [0.25, 0.3) is 0 Å². The Morgan fingerprint density at radius 1 is 1.45 bits per heavy atom. The maximum absolute atomic E-state index is 9.83. The summed E-state index contributed by atoms with van der Waals surface area (Å²) in [6.07, 6.45) is 1.96. The highest BCUT2D eigenvalue weighted by atomic mass is 35.5. The van der Waals surface area contributed by atoms with Crippen molar-refractivity contribution in [3.8, 4) is 11.5 Å². The molecule has 1 heterocycles. The van der Waals surface area contributed by atoms with Crippen LogP contribution in [0.15, 0.2) is 11.2 Å². The zero-order valence-corrected chi connectivity index (χ0v) is 12.6. The van der Waals surface area contributed by atoms with Gasteiger partial charge in [-0.3, -0.25) is 5.10 Å². The summed E-state index contributed by atoms with van der Waals surface area (Å²) in [5, 5.41) is 29.8. The predicted octanol–water partition coefficient (Wildman–Crippen LogP) is 3.10. The maximum atomic E-state index is 9.83. The summed E-state index contributed by atoms with van der Waals surface area (Å²) in [7, 11) is 0. The normalized spacial score (nSPS) is 11.3. The van der Waals surface area contributed by atoms with Gasteiger partial charge in [-0.15, -0.1) is 0 Å². The monoisotopic (exact) mass is 332 g/mol. The predicted molar refractivity (Wildman–Crippen MR) is 79.6 cm³/mol. The van der Waals surface area contributed by atoms with Gasteiger partial charge >= 0.3 is 0 Å². The Balaban J connectivity index is 2.47. The molecular weight excluding hydrogens is 323 g/mol. The summed E-state index contributed by atoms with van der Waals surface area (Å²) >= 11 is 16.6. The van der Waals surface area contributed by atoms with E-state index in [2.05, 4.69) is 15.3 Å². The SMILES string of the molecule is CCc1n[nH]c(=S)n1/N=C\c1cc(Cl)c(O)c(Cl)c1O. The highest BCUT2D eigenvalue weighted by Crippen LogP contribution is 2.40. The lowest BCUT2D eigenvalue weighted by Crippen LogP contribution is -1.97. The third-order valence-corrected chi connectivity index (χ3v) is 3.45. The van der Waals surface area contributed by atoms with Crippen LogP contribution in [0, 0.1) is 4.77 Å². The zero-order valence-electron chi connectivity index (χ0n) is 10.3. The number of aromatic nitrogens is 3. The Kier molecular flexibility index (Phi) is 4.32. The number of aryl methyl sites for hydroxylation is 1. The molecule has 0 saturated heterocycles. The van der Waals surface area contributed by atoms with E-state index in [1.807, 2.05) is 6.92 Å². The van der Waals surface area contributed by atoms with Crippen molar-refractivity contribution in [2.75, 3.05) is 0 Å². The second kappa shape index (κ2) is 5.82. The first-order valence-corrected chi connectivity index (χ1v) is 6.72. The molecule has 0 bridgehead atoms. The van der Waals surface area contributed by atoms with Gasteiger partial charge in [0.1, 0.15) is 10.8 Å². The lowest BCUT2D eigenvalue weighted by atomic mass is 10.2. The molecule has 0 saturated carbocycles. The fraction of sp³-hybridized carbons (Fsp3) is 0.182. The van der Waals surface area contributed by atoms with Crippen LogP contribution in [0.25, 0.3) is 0 Å². The molecule has 0 spiro atoms. The van der Waals surface area contributed by atoms with Gasteiger partial charge in [0.05, 0.1) is 11.2 Å². The van der Waals surface area contributed by atoms with E-state index in [1.165, 1.54) is 17.0 Å². The lowest BCUT2D eigenvalue weighted by Gasteiger charge is -2.05. The molecule has 0 aliphatic rings. The van der Waals surface area contributed by atoms with E-state index >= 15 is 0 Å². The number of nitrogens with zero attached hydrogens (tertiary/aromatic N) is 3. The Morgan fingerprint density at radius 3 is 2.80 bits per heavy atom. The van der Waals surface area contributed by atoms with Crippen molar-refractivity contribution >= 4 is 41.6 Å². The van der Waals surface area contributed by atoms with Crippen molar-refractivity contribution in [1.29, 1.82) is 0 Å². The van der Waals surface area contributed by atoms with Crippen LogP contribution in [0.5, 0.6) is 11.5 Å². The molecule has 2 aromatic rings. The first kappa shape index (κ1) is 14.8. The fourth-order valence-electron chi connectivity index (χ4n) is 1.51. The van der Waals surface area contributed by atoms with Gasteiger partial charge < -0.3 is 10.2 Å². The Bertz CT molecular complexity index is 739. The van der Waals surface area contributed by atoms with E-state index in [1.54, 1.807) is 0 Å². The van der Waals surface area contributed by atoms with Crippen LogP contribution < -0.4 is 0 Å². The highest BCUT2D eigenvalue weighted by Gasteiger charge is 2.13. The third kappa shape index (κ3) is 2.65. The summed E-state index contributed by atoms with van der Waals surface area (Å²) in [6.45, 7) is 1.91. The van der Waals surface area contributed by atoms with Crippen LogP contribution in [-0.2, 0) is 6.42 Å². The van der Waals surface area contributed by atoms with E-state index in [9.17, 15) is 10.2 Å².